The van der Waals surface area contributed by atoms with Crippen LogP contribution in [-0.4, -0.2) is 57.4 Å². The molecule has 0 radical (unpaired) electrons. The summed E-state index contributed by atoms with van der Waals surface area (Å²) < 4.78 is 1.81. The Morgan fingerprint density at radius 2 is 1.89 bits per heavy atom. The first-order chi connectivity index (χ1) is 13.1. The largest absolute Gasteiger partial charge is 0.344 e. The van der Waals surface area contributed by atoms with E-state index in [0.29, 0.717) is 19.0 Å². The Kier molecular flexibility index (Phi) is 4.90. The maximum atomic E-state index is 12.6. The number of likely N-dealkylation sites (N-methyl/N-ethyl adjacent to an activating group) is 2. The second kappa shape index (κ2) is 7.48. The van der Waals surface area contributed by atoms with E-state index >= 15 is 0 Å². The maximum absolute atomic E-state index is 12.6. The lowest BCUT2D eigenvalue weighted by atomic mass is 9.94. The topological polar surface area (TPSA) is 54.3 Å². The summed E-state index contributed by atoms with van der Waals surface area (Å²) in [6.45, 7) is 2.22. The molecule has 1 aliphatic heterocycles. The van der Waals surface area contributed by atoms with Gasteiger partial charge in [-0.1, -0.05) is 41.6 Å². The van der Waals surface area contributed by atoms with E-state index in [4.69, 9.17) is 0 Å². The third-order valence-electron chi connectivity index (χ3n) is 5.49. The third kappa shape index (κ3) is 3.71. The van der Waals surface area contributed by atoms with Gasteiger partial charge < -0.3 is 4.90 Å². The lowest BCUT2D eigenvalue weighted by Crippen LogP contribution is -2.46. The van der Waals surface area contributed by atoms with Gasteiger partial charge in [0.15, 0.2) is 0 Å². The van der Waals surface area contributed by atoms with E-state index in [1.165, 1.54) is 11.1 Å². The van der Waals surface area contributed by atoms with Crippen LogP contribution in [0.3, 0.4) is 0 Å². The van der Waals surface area contributed by atoms with Crippen molar-refractivity contribution in [2.24, 2.45) is 0 Å². The van der Waals surface area contributed by atoms with E-state index in [9.17, 15) is 4.79 Å². The molecule has 0 unspecified atom stereocenters. The SMILES string of the molecule is CN(C[C@H]1Cc2ccccc2CN1C)C(=O)CCn1nnc2ccccc21. The lowest BCUT2D eigenvalue weighted by Gasteiger charge is -2.36. The zero-order valence-corrected chi connectivity index (χ0v) is 15.9. The van der Waals surface area contributed by atoms with Gasteiger partial charge in [0.05, 0.1) is 12.1 Å². The number of aryl methyl sites for hydroxylation is 1. The van der Waals surface area contributed by atoms with Gasteiger partial charge in [0.25, 0.3) is 0 Å². The zero-order chi connectivity index (χ0) is 18.8. The molecule has 1 atom stereocenters. The number of aromatic nitrogens is 3. The number of benzene rings is 2. The van der Waals surface area contributed by atoms with Crippen LogP contribution in [0.15, 0.2) is 48.5 Å². The highest BCUT2D eigenvalue weighted by Gasteiger charge is 2.25. The van der Waals surface area contributed by atoms with Crippen molar-refractivity contribution in [3.05, 3.63) is 59.7 Å². The highest BCUT2D eigenvalue weighted by molar-refractivity contribution is 5.77. The molecule has 140 valence electrons. The molecular weight excluding hydrogens is 338 g/mol. The molecule has 6 nitrogen and oxygen atoms in total. The van der Waals surface area contributed by atoms with Gasteiger partial charge in [-0.3, -0.25) is 9.69 Å². The smallest absolute Gasteiger partial charge is 0.224 e. The zero-order valence-electron chi connectivity index (χ0n) is 15.9. The Bertz CT molecular complexity index is 950. The summed E-state index contributed by atoms with van der Waals surface area (Å²) in [5.41, 5.74) is 4.62. The van der Waals surface area contributed by atoms with Crippen LogP contribution < -0.4 is 0 Å². The molecule has 0 N–H and O–H groups in total. The normalized spacial score (nSPS) is 17.0. The number of nitrogens with zero attached hydrogens (tertiary/aromatic N) is 5. The Labute approximate surface area is 159 Å². The van der Waals surface area contributed by atoms with E-state index in [0.717, 1.165) is 30.5 Å². The summed E-state index contributed by atoms with van der Waals surface area (Å²) >= 11 is 0. The number of para-hydroxylation sites is 1. The van der Waals surface area contributed by atoms with Gasteiger partial charge in [-0.25, -0.2) is 4.68 Å². The summed E-state index contributed by atoms with van der Waals surface area (Å²) in [7, 11) is 4.04. The van der Waals surface area contributed by atoms with Crippen LogP contribution in [0.2, 0.25) is 0 Å². The van der Waals surface area contributed by atoms with Crippen molar-refractivity contribution in [3.8, 4) is 0 Å². The van der Waals surface area contributed by atoms with Gasteiger partial charge in [-0.15, -0.1) is 5.10 Å². The first-order valence-electron chi connectivity index (χ1n) is 9.41. The van der Waals surface area contributed by atoms with Crippen LogP contribution in [0.5, 0.6) is 0 Å². The van der Waals surface area contributed by atoms with E-state index in [1.54, 1.807) is 0 Å². The van der Waals surface area contributed by atoms with Crippen molar-refractivity contribution in [1.82, 2.24) is 24.8 Å². The first-order valence-corrected chi connectivity index (χ1v) is 9.41. The van der Waals surface area contributed by atoms with E-state index in [1.807, 2.05) is 40.9 Å². The quantitative estimate of drug-likeness (QED) is 0.698. The number of amides is 1. The van der Waals surface area contributed by atoms with Gasteiger partial charge in [0.2, 0.25) is 5.91 Å². The average molecular weight is 363 g/mol. The van der Waals surface area contributed by atoms with Crippen molar-refractivity contribution in [2.45, 2.75) is 32.0 Å². The van der Waals surface area contributed by atoms with Crippen LogP contribution in [0, 0.1) is 0 Å². The van der Waals surface area contributed by atoms with Crippen LogP contribution in [0.25, 0.3) is 11.0 Å². The number of hydrogen-bond acceptors (Lipinski definition) is 4. The molecule has 0 saturated heterocycles. The van der Waals surface area contributed by atoms with E-state index < -0.39 is 0 Å². The fourth-order valence-corrected chi connectivity index (χ4v) is 3.82. The van der Waals surface area contributed by atoms with Crippen LogP contribution in [0.4, 0.5) is 0 Å². The van der Waals surface area contributed by atoms with Crippen LogP contribution in [-0.2, 0) is 24.3 Å². The van der Waals surface area contributed by atoms with Crippen LogP contribution in [0.1, 0.15) is 17.5 Å². The predicted molar refractivity (Wildman–Crippen MR) is 105 cm³/mol. The summed E-state index contributed by atoms with van der Waals surface area (Å²) in [6.07, 6.45) is 1.41. The monoisotopic (exact) mass is 363 g/mol. The minimum atomic E-state index is 0.141. The van der Waals surface area contributed by atoms with Crippen molar-refractivity contribution >= 4 is 16.9 Å². The molecule has 4 rings (SSSR count). The Hall–Kier alpha value is -2.73. The number of rotatable bonds is 5. The van der Waals surface area contributed by atoms with E-state index in [-0.39, 0.29) is 5.91 Å². The molecule has 0 aliphatic carbocycles. The standard InChI is InChI=1S/C21H25N5O/c1-24-14-17-8-4-3-7-16(17)13-18(24)15-25(2)21(27)11-12-26-20-10-6-5-9-19(20)22-23-26/h3-10,18H,11-15H2,1-2H3/t18-/m1/s1. The molecule has 2 aromatic carbocycles. The summed E-state index contributed by atoms with van der Waals surface area (Å²) in [6, 6.07) is 16.8. The molecule has 1 aliphatic rings. The number of hydrogen-bond donors (Lipinski definition) is 0. The van der Waals surface area contributed by atoms with Gasteiger partial charge in [-0.2, -0.15) is 0 Å². The van der Waals surface area contributed by atoms with Gasteiger partial charge >= 0.3 is 0 Å². The van der Waals surface area contributed by atoms with Gasteiger partial charge in [-0.05, 0) is 36.7 Å². The van der Waals surface area contributed by atoms with Crippen molar-refractivity contribution in [3.63, 3.8) is 0 Å². The molecule has 1 amide bonds. The van der Waals surface area contributed by atoms with Crippen LogP contribution >= 0.6 is 0 Å². The van der Waals surface area contributed by atoms with Gasteiger partial charge in [0.1, 0.15) is 5.52 Å². The second-order valence-corrected chi connectivity index (χ2v) is 7.37. The minimum absolute atomic E-state index is 0.141. The van der Waals surface area contributed by atoms with E-state index in [2.05, 4.69) is 46.5 Å². The highest BCUT2D eigenvalue weighted by atomic mass is 16.2. The summed E-state index contributed by atoms with van der Waals surface area (Å²) in [5, 5.41) is 8.31. The van der Waals surface area contributed by atoms with Gasteiger partial charge in [0, 0.05) is 32.6 Å². The number of carbonyl (C=O) groups is 1. The molecule has 3 aromatic rings. The third-order valence-corrected chi connectivity index (χ3v) is 5.49. The average Bonchev–Trinajstić information content (AvgIpc) is 3.10. The molecule has 0 fully saturated rings. The molecule has 1 aromatic heterocycles. The fourth-order valence-electron chi connectivity index (χ4n) is 3.82. The summed E-state index contributed by atoms with van der Waals surface area (Å²) in [4.78, 5) is 16.8. The molecule has 0 spiro atoms. The Morgan fingerprint density at radius 3 is 2.74 bits per heavy atom. The van der Waals surface area contributed by atoms with Crippen molar-refractivity contribution in [2.75, 3.05) is 20.6 Å². The minimum Gasteiger partial charge on any atom is -0.344 e. The first kappa shape index (κ1) is 17.7. The predicted octanol–water partition coefficient (Wildman–Crippen LogP) is 2.34. The molecule has 27 heavy (non-hydrogen) atoms. The fraction of sp³-hybridized carbons (Fsp3) is 0.381. The highest BCUT2D eigenvalue weighted by Crippen LogP contribution is 2.22. The lowest BCUT2D eigenvalue weighted by molar-refractivity contribution is -0.130. The number of fused-ring (bicyclic) bond motifs is 2. The van der Waals surface area contributed by atoms with Crippen molar-refractivity contribution < 1.29 is 4.79 Å². The second-order valence-electron chi connectivity index (χ2n) is 7.37. The maximum Gasteiger partial charge on any atom is 0.224 e. The number of carbonyl (C=O) groups excluding carboxylic acids is 1. The summed E-state index contributed by atoms with van der Waals surface area (Å²) in [5.74, 6) is 0.141. The molecular formula is C21H25N5O. The molecule has 0 bridgehead atoms. The van der Waals surface area contributed by atoms with Crippen molar-refractivity contribution in [1.29, 1.82) is 0 Å². The Balaban J connectivity index is 1.35. The molecule has 2 heterocycles. The molecule has 0 saturated carbocycles. The molecule has 6 heteroatoms. The Morgan fingerprint density at radius 1 is 1.15 bits per heavy atom.